The maximum Gasteiger partial charge on any atom is 0.123 e. The van der Waals surface area contributed by atoms with Crippen LogP contribution >= 0.6 is 0 Å². The smallest absolute Gasteiger partial charge is 0.123 e. The van der Waals surface area contributed by atoms with Crippen molar-refractivity contribution in [3.05, 3.63) is 54.6 Å². The minimum Gasteiger partial charge on any atom is -0.399 e. The second kappa shape index (κ2) is 3.59. The van der Waals surface area contributed by atoms with Crippen molar-refractivity contribution < 1.29 is 4.39 Å². The highest BCUT2D eigenvalue weighted by Gasteiger charge is 2.04. The van der Waals surface area contributed by atoms with Gasteiger partial charge in [-0.1, -0.05) is 0 Å². The monoisotopic (exact) mass is 227 g/mol. The lowest BCUT2D eigenvalue weighted by molar-refractivity contribution is 0.627. The molecule has 3 rings (SSSR count). The zero-order valence-electron chi connectivity index (χ0n) is 8.97. The summed E-state index contributed by atoms with van der Waals surface area (Å²) in [7, 11) is 0. The predicted octanol–water partition coefficient (Wildman–Crippen LogP) is 2.75. The molecule has 1 heterocycles. The Balaban J connectivity index is 2.21. The molecule has 0 amide bonds. The Morgan fingerprint density at radius 3 is 2.59 bits per heavy atom. The van der Waals surface area contributed by atoms with E-state index in [1.54, 1.807) is 18.5 Å². The zero-order valence-corrected chi connectivity index (χ0v) is 8.97. The molecule has 0 aliphatic rings. The second-order valence-electron chi connectivity index (χ2n) is 3.84. The van der Waals surface area contributed by atoms with Gasteiger partial charge >= 0.3 is 0 Å². The molecule has 0 bridgehead atoms. The number of rotatable bonds is 1. The van der Waals surface area contributed by atoms with Gasteiger partial charge in [-0.25, -0.2) is 9.37 Å². The SMILES string of the molecule is Nc1ccc2c(c1)ncn2-c1ccc(F)cc1. The number of halogens is 1. The maximum atomic E-state index is 12.9. The molecule has 2 N–H and O–H groups in total. The van der Waals surface area contributed by atoms with E-state index in [2.05, 4.69) is 4.98 Å². The standard InChI is InChI=1S/C13H10FN3/c14-9-1-4-11(5-2-9)17-8-16-12-7-10(15)3-6-13(12)17/h1-8H,15H2. The fourth-order valence-electron chi connectivity index (χ4n) is 1.84. The topological polar surface area (TPSA) is 43.8 Å². The van der Waals surface area contributed by atoms with Crippen molar-refractivity contribution in [1.82, 2.24) is 9.55 Å². The number of fused-ring (bicyclic) bond motifs is 1. The van der Waals surface area contributed by atoms with Crippen molar-refractivity contribution in [2.75, 3.05) is 5.73 Å². The summed E-state index contributed by atoms with van der Waals surface area (Å²) >= 11 is 0. The molecule has 0 saturated carbocycles. The second-order valence-corrected chi connectivity index (χ2v) is 3.84. The van der Waals surface area contributed by atoms with Crippen LogP contribution in [-0.2, 0) is 0 Å². The Hall–Kier alpha value is -2.36. The average Bonchev–Trinajstić information content (AvgIpc) is 2.73. The van der Waals surface area contributed by atoms with Crippen LogP contribution in [0, 0.1) is 5.82 Å². The number of anilines is 1. The first-order valence-corrected chi connectivity index (χ1v) is 5.22. The largest absolute Gasteiger partial charge is 0.399 e. The zero-order chi connectivity index (χ0) is 11.8. The number of hydrogen-bond acceptors (Lipinski definition) is 2. The minimum atomic E-state index is -0.248. The van der Waals surface area contributed by atoms with Gasteiger partial charge in [-0.05, 0) is 42.5 Å². The molecule has 0 aliphatic heterocycles. The number of imidazole rings is 1. The molecule has 2 aromatic carbocycles. The molecule has 0 unspecified atom stereocenters. The number of aromatic nitrogens is 2. The third-order valence-corrected chi connectivity index (χ3v) is 2.68. The molecular weight excluding hydrogens is 217 g/mol. The van der Waals surface area contributed by atoms with E-state index < -0.39 is 0 Å². The quantitative estimate of drug-likeness (QED) is 0.649. The molecule has 0 atom stereocenters. The van der Waals surface area contributed by atoms with Crippen LogP contribution in [0.1, 0.15) is 0 Å². The molecule has 0 fully saturated rings. The average molecular weight is 227 g/mol. The van der Waals surface area contributed by atoms with E-state index in [4.69, 9.17) is 5.73 Å². The van der Waals surface area contributed by atoms with Gasteiger partial charge in [-0.2, -0.15) is 0 Å². The van der Waals surface area contributed by atoms with Gasteiger partial charge in [-0.3, -0.25) is 4.57 Å². The lowest BCUT2D eigenvalue weighted by Crippen LogP contribution is -1.92. The highest BCUT2D eigenvalue weighted by Crippen LogP contribution is 2.20. The van der Waals surface area contributed by atoms with Crippen molar-refractivity contribution in [1.29, 1.82) is 0 Å². The van der Waals surface area contributed by atoms with Crippen molar-refractivity contribution in [3.8, 4) is 5.69 Å². The summed E-state index contributed by atoms with van der Waals surface area (Å²) in [6.45, 7) is 0. The van der Waals surface area contributed by atoms with Crippen molar-refractivity contribution in [2.45, 2.75) is 0 Å². The Morgan fingerprint density at radius 2 is 1.82 bits per heavy atom. The predicted molar refractivity (Wildman–Crippen MR) is 65.4 cm³/mol. The minimum absolute atomic E-state index is 0.248. The summed E-state index contributed by atoms with van der Waals surface area (Å²) in [5.41, 5.74) is 9.03. The van der Waals surface area contributed by atoms with Gasteiger partial charge in [0.05, 0.1) is 11.0 Å². The van der Waals surface area contributed by atoms with Crippen LogP contribution in [0.4, 0.5) is 10.1 Å². The molecular formula is C13H10FN3. The Kier molecular flexibility index (Phi) is 2.08. The summed E-state index contributed by atoms with van der Waals surface area (Å²) in [6.07, 6.45) is 1.71. The molecule has 17 heavy (non-hydrogen) atoms. The summed E-state index contributed by atoms with van der Waals surface area (Å²) in [6, 6.07) is 11.8. The van der Waals surface area contributed by atoms with Gasteiger partial charge in [0.1, 0.15) is 12.1 Å². The van der Waals surface area contributed by atoms with Gasteiger partial charge in [-0.15, -0.1) is 0 Å². The van der Waals surface area contributed by atoms with E-state index in [0.29, 0.717) is 5.69 Å². The van der Waals surface area contributed by atoms with Gasteiger partial charge in [0, 0.05) is 11.4 Å². The normalized spacial score (nSPS) is 10.9. The van der Waals surface area contributed by atoms with Gasteiger partial charge in [0.25, 0.3) is 0 Å². The lowest BCUT2D eigenvalue weighted by Gasteiger charge is -2.03. The molecule has 3 nitrogen and oxygen atoms in total. The Bertz CT molecular complexity index is 671. The number of hydrogen-bond donors (Lipinski definition) is 1. The number of nitrogens with two attached hydrogens (primary N) is 1. The van der Waals surface area contributed by atoms with E-state index in [0.717, 1.165) is 16.7 Å². The molecule has 4 heteroatoms. The molecule has 0 saturated heterocycles. The molecule has 3 aromatic rings. The molecule has 1 aromatic heterocycles. The maximum absolute atomic E-state index is 12.9. The van der Waals surface area contributed by atoms with Crippen molar-refractivity contribution in [2.24, 2.45) is 0 Å². The van der Waals surface area contributed by atoms with Crippen molar-refractivity contribution >= 4 is 16.7 Å². The van der Waals surface area contributed by atoms with E-state index in [1.165, 1.54) is 12.1 Å². The number of benzene rings is 2. The summed E-state index contributed by atoms with van der Waals surface area (Å²) in [4.78, 5) is 4.27. The first-order valence-electron chi connectivity index (χ1n) is 5.22. The van der Waals surface area contributed by atoms with Crippen LogP contribution in [0.5, 0.6) is 0 Å². The van der Waals surface area contributed by atoms with Gasteiger partial charge in [0.2, 0.25) is 0 Å². The molecule has 0 aliphatic carbocycles. The van der Waals surface area contributed by atoms with Crippen molar-refractivity contribution in [3.63, 3.8) is 0 Å². The van der Waals surface area contributed by atoms with E-state index >= 15 is 0 Å². The molecule has 84 valence electrons. The van der Waals surface area contributed by atoms with E-state index in [9.17, 15) is 4.39 Å². The van der Waals surface area contributed by atoms with Crippen LogP contribution in [0.2, 0.25) is 0 Å². The van der Waals surface area contributed by atoms with Gasteiger partial charge in [0.15, 0.2) is 0 Å². The molecule has 0 radical (unpaired) electrons. The fraction of sp³-hybridized carbons (Fsp3) is 0. The van der Waals surface area contributed by atoms with E-state index in [-0.39, 0.29) is 5.82 Å². The van der Waals surface area contributed by atoms with Crippen LogP contribution < -0.4 is 5.73 Å². The first-order chi connectivity index (χ1) is 8.24. The first kappa shape index (κ1) is 9.84. The number of nitrogen functional groups attached to an aromatic ring is 1. The highest BCUT2D eigenvalue weighted by molar-refractivity contribution is 5.80. The molecule has 0 spiro atoms. The Morgan fingerprint density at radius 1 is 1.06 bits per heavy atom. The summed E-state index contributed by atoms with van der Waals surface area (Å²) in [5.74, 6) is -0.248. The number of nitrogens with zero attached hydrogens (tertiary/aromatic N) is 2. The van der Waals surface area contributed by atoms with Crippen LogP contribution in [0.15, 0.2) is 48.8 Å². The Labute approximate surface area is 97.3 Å². The van der Waals surface area contributed by atoms with E-state index in [1.807, 2.05) is 22.8 Å². The van der Waals surface area contributed by atoms with Crippen LogP contribution in [-0.4, -0.2) is 9.55 Å². The lowest BCUT2D eigenvalue weighted by atomic mass is 10.2. The summed E-state index contributed by atoms with van der Waals surface area (Å²) in [5, 5.41) is 0. The highest BCUT2D eigenvalue weighted by atomic mass is 19.1. The fourth-order valence-corrected chi connectivity index (χ4v) is 1.84. The van der Waals surface area contributed by atoms with Crippen LogP contribution in [0.25, 0.3) is 16.7 Å². The summed E-state index contributed by atoms with van der Waals surface area (Å²) < 4.78 is 14.8. The third kappa shape index (κ3) is 1.63. The van der Waals surface area contributed by atoms with Gasteiger partial charge < -0.3 is 5.73 Å². The third-order valence-electron chi connectivity index (χ3n) is 2.68. The van der Waals surface area contributed by atoms with Crippen LogP contribution in [0.3, 0.4) is 0 Å².